The van der Waals surface area contributed by atoms with Crippen molar-refractivity contribution >= 4 is 27.1 Å². The number of sulfone groups is 1. The van der Waals surface area contributed by atoms with Crippen molar-refractivity contribution in [1.82, 2.24) is 15.6 Å². The van der Waals surface area contributed by atoms with Gasteiger partial charge in [-0.15, -0.1) is 11.3 Å². The van der Waals surface area contributed by atoms with Crippen LogP contribution in [0.25, 0.3) is 0 Å². The van der Waals surface area contributed by atoms with E-state index in [0.29, 0.717) is 25.5 Å². The molecule has 1 aromatic heterocycles. The first kappa shape index (κ1) is 20.4. The average molecular weight is 395 g/mol. The average Bonchev–Trinajstić information content (AvgIpc) is 3.09. The number of aryl methyl sites for hydroxylation is 1. The normalized spacial score (nSPS) is 12.2. The number of hydrogen-bond donors (Lipinski definition) is 2. The van der Waals surface area contributed by atoms with Gasteiger partial charge in [0.1, 0.15) is 5.01 Å². The van der Waals surface area contributed by atoms with Gasteiger partial charge in [0.25, 0.3) is 0 Å². The van der Waals surface area contributed by atoms with Crippen LogP contribution in [0.4, 0.5) is 0 Å². The maximum Gasteiger partial charge on any atom is 0.191 e. The van der Waals surface area contributed by atoms with Crippen molar-refractivity contribution in [1.29, 1.82) is 0 Å². The summed E-state index contributed by atoms with van der Waals surface area (Å²) in [5.74, 6) is 0.891. The number of guanidine groups is 1. The summed E-state index contributed by atoms with van der Waals surface area (Å²) in [6.07, 6.45) is 3.42. The van der Waals surface area contributed by atoms with E-state index in [1.165, 1.54) is 4.88 Å². The van der Waals surface area contributed by atoms with Crippen LogP contribution in [0.3, 0.4) is 0 Å². The molecule has 2 aromatic rings. The lowest BCUT2D eigenvalue weighted by molar-refractivity contribution is 0.591. The van der Waals surface area contributed by atoms with Crippen LogP contribution < -0.4 is 10.6 Å². The highest BCUT2D eigenvalue weighted by atomic mass is 32.2. The van der Waals surface area contributed by atoms with Gasteiger partial charge in [0.15, 0.2) is 15.8 Å². The number of hydrogen-bond acceptors (Lipinski definition) is 5. The summed E-state index contributed by atoms with van der Waals surface area (Å²) in [5, 5.41) is 7.36. The number of rotatable bonds is 9. The van der Waals surface area contributed by atoms with E-state index in [2.05, 4.69) is 27.5 Å². The lowest BCUT2D eigenvalue weighted by atomic mass is 10.2. The SMILES string of the molecule is CCc1cnc(CNC(=NC)NCCCS(=O)(=O)Cc2ccccc2)s1. The highest BCUT2D eigenvalue weighted by Crippen LogP contribution is 2.12. The van der Waals surface area contributed by atoms with Crippen LogP contribution in [0, 0.1) is 0 Å². The van der Waals surface area contributed by atoms with Gasteiger partial charge >= 0.3 is 0 Å². The Balaban J connectivity index is 1.70. The van der Waals surface area contributed by atoms with Gasteiger partial charge < -0.3 is 10.6 Å². The molecule has 0 aliphatic carbocycles. The van der Waals surface area contributed by atoms with E-state index < -0.39 is 9.84 Å². The van der Waals surface area contributed by atoms with Crippen molar-refractivity contribution in [3.63, 3.8) is 0 Å². The monoisotopic (exact) mass is 394 g/mol. The zero-order valence-electron chi connectivity index (χ0n) is 15.2. The molecule has 2 N–H and O–H groups in total. The molecule has 0 aliphatic heterocycles. The van der Waals surface area contributed by atoms with Gasteiger partial charge in [0, 0.05) is 24.7 Å². The van der Waals surface area contributed by atoms with Crippen LogP contribution in [-0.4, -0.2) is 38.7 Å². The molecule has 0 saturated carbocycles. The molecule has 0 atom stereocenters. The van der Waals surface area contributed by atoms with Gasteiger partial charge in [-0.3, -0.25) is 4.99 Å². The number of benzene rings is 1. The van der Waals surface area contributed by atoms with Crippen LogP contribution >= 0.6 is 11.3 Å². The van der Waals surface area contributed by atoms with Gasteiger partial charge in [0.05, 0.1) is 18.1 Å². The summed E-state index contributed by atoms with van der Waals surface area (Å²) in [6, 6.07) is 9.27. The van der Waals surface area contributed by atoms with Crippen molar-refractivity contribution in [3.05, 3.63) is 52.0 Å². The lowest BCUT2D eigenvalue weighted by Crippen LogP contribution is -2.37. The maximum atomic E-state index is 12.2. The van der Waals surface area contributed by atoms with Crippen molar-refractivity contribution in [2.75, 3.05) is 19.3 Å². The smallest absolute Gasteiger partial charge is 0.191 e. The van der Waals surface area contributed by atoms with Crippen molar-refractivity contribution in [3.8, 4) is 0 Å². The molecule has 0 amide bonds. The molecule has 0 unspecified atom stereocenters. The molecule has 2 rings (SSSR count). The number of aromatic nitrogens is 1. The van der Waals surface area contributed by atoms with Gasteiger partial charge in [-0.05, 0) is 18.4 Å². The Morgan fingerprint density at radius 2 is 2.00 bits per heavy atom. The summed E-state index contributed by atoms with van der Waals surface area (Å²) in [6.45, 7) is 3.26. The summed E-state index contributed by atoms with van der Waals surface area (Å²) < 4.78 is 24.4. The second-order valence-corrected chi connectivity index (χ2v) is 9.24. The van der Waals surface area contributed by atoms with E-state index in [9.17, 15) is 8.42 Å². The van der Waals surface area contributed by atoms with Crippen LogP contribution in [0.2, 0.25) is 0 Å². The maximum absolute atomic E-state index is 12.2. The predicted octanol–water partition coefficient (Wildman–Crippen LogP) is 2.38. The third-order valence-corrected chi connectivity index (χ3v) is 6.56. The quantitative estimate of drug-likeness (QED) is 0.388. The molecule has 8 heteroatoms. The number of nitrogens with one attached hydrogen (secondary N) is 2. The molecule has 26 heavy (non-hydrogen) atoms. The molecule has 6 nitrogen and oxygen atoms in total. The van der Waals surface area contributed by atoms with Crippen LogP contribution in [0.1, 0.15) is 28.8 Å². The molecule has 1 heterocycles. The van der Waals surface area contributed by atoms with E-state index in [1.54, 1.807) is 18.4 Å². The summed E-state index contributed by atoms with van der Waals surface area (Å²) in [5.41, 5.74) is 0.827. The van der Waals surface area contributed by atoms with Crippen LogP contribution in [0.15, 0.2) is 41.5 Å². The highest BCUT2D eigenvalue weighted by Gasteiger charge is 2.11. The topological polar surface area (TPSA) is 83.4 Å². The van der Waals surface area contributed by atoms with E-state index in [0.717, 1.165) is 17.0 Å². The Bertz CT molecular complexity index is 802. The number of aliphatic imine (C=N–C) groups is 1. The fraction of sp³-hybridized carbons (Fsp3) is 0.444. The predicted molar refractivity (Wildman–Crippen MR) is 108 cm³/mol. The minimum absolute atomic E-state index is 0.0879. The summed E-state index contributed by atoms with van der Waals surface area (Å²) in [4.78, 5) is 9.77. The lowest BCUT2D eigenvalue weighted by Gasteiger charge is -2.11. The molecule has 0 aliphatic rings. The van der Waals surface area contributed by atoms with Crippen molar-refractivity contribution in [2.24, 2.45) is 4.99 Å². The Hall–Kier alpha value is -1.93. The van der Waals surface area contributed by atoms with Crippen molar-refractivity contribution < 1.29 is 8.42 Å². The highest BCUT2D eigenvalue weighted by molar-refractivity contribution is 7.90. The molecule has 0 radical (unpaired) electrons. The third-order valence-electron chi connectivity index (χ3n) is 3.73. The van der Waals surface area contributed by atoms with Crippen LogP contribution in [0.5, 0.6) is 0 Å². The Kier molecular flexibility index (Phi) is 8.06. The third kappa shape index (κ3) is 7.13. The standard InChI is InChI=1S/C18H26N4O2S2/c1-3-16-12-21-17(25-16)13-22-18(19-2)20-10-7-11-26(23,24)14-15-8-5-4-6-9-15/h4-6,8-9,12H,3,7,10-11,13-14H2,1-2H3,(H2,19,20,22). The van der Waals surface area contributed by atoms with Gasteiger partial charge in [0.2, 0.25) is 0 Å². The zero-order chi connectivity index (χ0) is 18.8. The van der Waals surface area contributed by atoms with Gasteiger partial charge in [-0.1, -0.05) is 37.3 Å². The minimum Gasteiger partial charge on any atom is -0.356 e. The van der Waals surface area contributed by atoms with Gasteiger partial charge in [-0.2, -0.15) is 0 Å². The van der Waals surface area contributed by atoms with E-state index in [4.69, 9.17) is 0 Å². The largest absolute Gasteiger partial charge is 0.356 e. The molecular weight excluding hydrogens is 368 g/mol. The second kappa shape index (κ2) is 10.3. The molecule has 0 fully saturated rings. The zero-order valence-corrected chi connectivity index (χ0v) is 16.9. The first-order valence-electron chi connectivity index (χ1n) is 8.65. The van der Waals surface area contributed by atoms with E-state index in [1.807, 2.05) is 36.5 Å². The Labute approximate surface area is 159 Å². The molecule has 1 aromatic carbocycles. The fourth-order valence-electron chi connectivity index (χ4n) is 2.37. The molecule has 0 spiro atoms. The summed E-state index contributed by atoms with van der Waals surface area (Å²) >= 11 is 1.68. The Morgan fingerprint density at radius 3 is 2.65 bits per heavy atom. The molecule has 142 valence electrons. The number of nitrogens with zero attached hydrogens (tertiary/aromatic N) is 2. The molecule has 0 saturated heterocycles. The first-order chi connectivity index (χ1) is 12.5. The Morgan fingerprint density at radius 1 is 1.23 bits per heavy atom. The van der Waals surface area contributed by atoms with Crippen molar-refractivity contribution in [2.45, 2.75) is 32.1 Å². The van der Waals surface area contributed by atoms with E-state index in [-0.39, 0.29) is 11.5 Å². The second-order valence-electron chi connectivity index (χ2n) is 5.86. The van der Waals surface area contributed by atoms with Crippen LogP contribution in [-0.2, 0) is 28.6 Å². The number of thiazole rings is 1. The van der Waals surface area contributed by atoms with E-state index >= 15 is 0 Å². The van der Waals surface area contributed by atoms with Gasteiger partial charge in [-0.25, -0.2) is 13.4 Å². The molecular formula is C18H26N4O2S2. The summed E-state index contributed by atoms with van der Waals surface area (Å²) in [7, 11) is -1.41. The minimum atomic E-state index is -3.10. The fourth-order valence-corrected chi connectivity index (χ4v) is 4.60. The first-order valence-corrected chi connectivity index (χ1v) is 11.3. The molecule has 0 bridgehead atoms.